The van der Waals surface area contributed by atoms with Crippen LogP contribution in [0.4, 0.5) is 0 Å². The summed E-state index contributed by atoms with van der Waals surface area (Å²) in [7, 11) is 0. The normalized spacial score (nSPS) is 13.3. The van der Waals surface area contributed by atoms with E-state index in [2.05, 4.69) is 78.8 Å². The first-order chi connectivity index (χ1) is 17.0. The van der Waals surface area contributed by atoms with Crippen molar-refractivity contribution in [2.24, 2.45) is 0 Å². The van der Waals surface area contributed by atoms with Crippen molar-refractivity contribution >= 4 is 11.4 Å². The maximum absolute atomic E-state index is 11.7. The van der Waals surface area contributed by atoms with E-state index in [1.165, 1.54) is 56.5 Å². The van der Waals surface area contributed by atoms with E-state index >= 15 is 0 Å². The molecule has 0 aliphatic carbocycles. The van der Waals surface area contributed by atoms with Gasteiger partial charge in [-0.1, -0.05) is 61.3 Å². The Morgan fingerprint density at radius 2 is 1.06 bits per heavy atom. The molecule has 198 valence electrons. The molecule has 3 rings (SSSR count). The summed E-state index contributed by atoms with van der Waals surface area (Å²) in [5.74, 6) is 0. The smallest absolute Gasteiger partial charge is 0.210 e. The van der Waals surface area contributed by atoms with Gasteiger partial charge in [0.2, 0.25) is 11.4 Å². The third-order valence-corrected chi connectivity index (χ3v) is 7.77. The van der Waals surface area contributed by atoms with Gasteiger partial charge in [0.05, 0.1) is 0 Å². The molecule has 0 saturated carbocycles. The van der Waals surface area contributed by atoms with Crippen LogP contribution in [0.2, 0.25) is 0 Å². The molecule has 3 heteroatoms. The van der Waals surface area contributed by atoms with Gasteiger partial charge in [-0.25, -0.2) is 4.70 Å². The van der Waals surface area contributed by atoms with E-state index in [0.29, 0.717) is 0 Å². The van der Waals surface area contributed by atoms with E-state index in [4.69, 9.17) is 0 Å². The number of allylic oxidation sites excluding steroid dienone is 2. The molecule has 1 aliphatic rings. The van der Waals surface area contributed by atoms with Crippen molar-refractivity contribution in [2.45, 2.75) is 113 Å². The summed E-state index contributed by atoms with van der Waals surface area (Å²) in [5.41, 5.74) is 25.8. The van der Waals surface area contributed by atoms with Gasteiger partial charge in [0.1, 0.15) is 0 Å². The fourth-order valence-corrected chi connectivity index (χ4v) is 5.87. The first-order valence-corrected chi connectivity index (χ1v) is 14.2. The summed E-state index contributed by atoms with van der Waals surface area (Å²) in [6.45, 7) is 15.7. The van der Waals surface area contributed by atoms with E-state index in [1.54, 1.807) is 0 Å². The van der Waals surface area contributed by atoms with Gasteiger partial charge in [-0.2, -0.15) is 0 Å². The molecule has 2 aromatic carbocycles. The molecular formula is C33H46N2Ni. The second-order valence-electron chi connectivity index (χ2n) is 9.84. The summed E-state index contributed by atoms with van der Waals surface area (Å²) >= 11 is 0. The van der Waals surface area contributed by atoms with Crippen molar-refractivity contribution in [1.29, 1.82) is 0 Å². The maximum atomic E-state index is 11.7. The molecular weight excluding hydrogens is 483 g/mol. The third-order valence-electron chi connectivity index (χ3n) is 7.77. The largest absolute Gasteiger partial charge is 0.493 e. The SMILES string of the molecule is CCCCCC1=C(c2cc(CC)c(CC)c(CC)c2)[N+](=[N-])C(c2cc(CC)c(CC)c(CC)c2)=C1.[Ni]. The van der Waals surface area contributed by atoms with Crippen LogP contribution in [0.15, 0.2) is 35.9 Å². The van der Waals surface area contributed by atoms with Gasteiger partial charge < -0.3 is 5.53 Å². The molecule has 36 heavy (non-hydrogen) atoms. The number of rotatable bonds is 12. The molecule has 1 heterocycles. The van der Waals surface area contributed by atoms with Gasteiger partial charge in [-0.3, -0.25) is 0 Å². The van der Waals surface area contributed by atoms with Crippen LogP contribution in [0, 0.1) is 0 Å². The molecule has 0 fully saturated rings. The van der Waals surface area contributed by atoms with Crippen LogP contribution in [0.25, 0.3) is 16.9 Å². The fraction of sp³-hybridized carbons (Fsp3) is 0.515. The molecule has 0 unspecified atom stereocenters. The Bertz CT molecular complexity index is 1090. The molecule has 2 aromatic rings. The molecule has 0 atom stereocenters. The Balaban J connectivity index is 0.00000456. The third kappa shape index (κ3) is 6.11. The molecule has 0 N–H and O–H groups in total. The minimum Gasteiger partial charge on any atom is -0.493 e. The van der Waals surface area contributed by atoms with Crippen LogP contribution in [0.3, 0.4) is 0 Å². The van der Waals surface area contributed by atoms with Crippen molar-refractivity contribution in [2.75, 3.05) is 0 Å². The van der Waals surface area contributed by atoms with Crippen molar-refractivity contribution in [3.05, 3.63) is 86.0 Å². The summed E-state index contributed by atoms with van der Waals surface area (Å²) < 4.78 is 1.50. The second-order valence-corrected chi connectivity index (χ2v) is 9.84. The average Bonchev–Trinajstić information content (AvgIpc) is 3.22. The Morgan fingerprint density at radius 3 is 1.44 bits per heavy atom. The van der Waals surface area contributed by atoms with Gasteiger partial charge in [0.25, 0.3) is 0 Å². The Kier molecular flexibility index (Phi) is 11.8. The standard InChI is InChI=1S/C33H46N2.Ni/c1-8-15-16-17-27-22-32(28-18-23(9-2)30(13-6)24(10-3)19-28)35(34)33(27)29-20-25(11-4)31(14-7)26(12-5)21-29;/h18-22H,8-17H2,1-7H3;. The van der Waals surface area contributed by atoms with Crippen LogP contribution in [0.5, 0.6) is 0 Å². The van der Waals surface area contributed by atoms with Crippen molar-refractivity contribution in [1.82, 2.24) is 0 Å². The quantitative estimate of drug-likeness (QED) is 0.149. The summed E-state index contributed by atoms with van der Waals surface area (Å²) in [5, 5.41) is 0. The number of nitrogens with zero attached hydrogens (tertiary/aromatic N) is 2. The van der Waals surface area contributed by atoms with Crippen molar-refractivity contribution in [3.8, 4) is 0 Å². The van der Waals surface area contributed by atoms with Crippen LogP contribution < -0.4 is 0 Å². The van der Waals surface area contributed by atoms with Crippen molar-refractivity contribution in [3.63, 3.8) is 0 Å². The second kappa shape index (κ2) is 14.1. The predicted octanol–water partition coefficient (Wildman–Crippen LogP) is 9.44. The first kappa shape index (κ1) is 30.2. The zero-order chi connectivity index (χ0) is 25.5. The minimum absolute atomic E-state index is 0. The zero-order valence-corrected chi connectivity index (χ0v) is 24.7. The number of unbranched alkanes of at least 4 members (excludes halogenated alkanes) is 2. The molecule has 0 spiro atoms. The predicted molar refractivity (Wildman–Crippen MR) is 152 cm³/mol. The fourth-order valence-electron chi connectivity index (χ4n) is 5.87. The molecule has 0 saturated heterocycles. The van der Waals surface area contributed by atoms with E-state index in [9.17, 15) is 5.53 Å². The zero-order valence-electron chi connectivity index (χ0n) is 23.7. The summed E-state index contributed by atoms with van der Waals surface area (Å²) in [4.78, 5) is 0. The van der Waals surface area contributed by atoms with E-state index < -0.39 is 0 Å². The Labute approximate surface area is 230 Å². The van der Waals surface area contributed by atoms with Crippen LogP contribution in [0.1, 0.15) is 119 Å². The summed E-state index contributed by atoms with van der Waals surface area (Å²) in [6, 6.07) is 9.30. The van der Waals surface area contributed by atoms with Crippen LogP contribution >= 0.6 is 0 Å². The van der Waals surface area contributed by atoms with Gasteiger partial charge in [-0.15, -0.1) is 0 Å². The average molecular weight is 529 g/mol. The van der Waals surface area contributed by atoms with Crippen LogP contribution in [-0.2, 0) is 55.0 Å². The Morgan fingerprint density at radius 1 is 0.611 bits per heavy atom. The monoisotopic (exact) mass is 528 g/mol. The molecule has 0 bridgehead atoms. The molecule has 2 nitrogen and oxygen atoms in total. The number of hydrogen-bond acceptors (Lipinski definition) is 0. The number of benzene rings is 2. The van der Waals surface area contributed by atoms with E-state index in [0.717, 1.165) is 73.9 Å². The number of aryl methyl sites for hydroxylation is 4. The summed E-state index contributed by atoms with van der Waals surface area (Å²) in [6.07, 6.45) is 13.0. The van der Waals surface area contributed by atoms with Gasteiger partial charge >= 0.3 is 0 Å². The van der Waals surface area contributed by atoms with Gasteiger partial charge in [0.15, 0.2) is 0 Å². The van der Waals surface area contributed by atoms with Crippen LogP contribution in [-0.4, -0.2) is 4.70 Å². The van der Waals surface area contributed by atoms with Crippen molar-refractivity contribution < 1.29 is 21.2 Å². The maximum Gasteiger partial charge on any atom is 0.210 e. The molecule has 1 aliphatic heterocycles. The van der Waals surface area contributed by atoms with Gasteiger partial charge in [0, 0.05) is 39.3 Å². The van der Waals surface area contributed by atoms with Gasteiger partial charge in [-0.05, 0) is 109 Å². The molecule has 0 amide bonds. The molecule has 0 aromatic heterocycles. The minimum atomic E-state index is 0. The topological polar surface area (TPSA) is 25.3 Å². The first-order valence-electron chi connectivity index (χ1n) is 14.2. The van der Waals surface area contributed by atoms with E-state index in [1.807, 2.05) is 0 Å². The molecule has 0 radical (unpaired) electrons. The number of hydrogen-bond donors (Lipinski definition) is 0. The Hall–Kier alpha value is -1.99. The van der Waals surface area contributed by atoms with E-state index in [-0.39, 0.29) is 16.5 Å².